The van der Waals surface area contributed by atoms with Crippen molar-refractivity contribution in [2.24, 2.45) is 5.41 Å². The molecule has 1 N–H and O–H groups in total. The molecule has 1 aromatic rings. The molecule has 0 spiro atoms. The van der Waals surface area contributed by atoms with Gasteiger partial charge in [-0.25, -0.2) is 9.42 Å². The number of nitriles is 1. The summed E-state index contributed by atoms with van der Waals surface area (Å²) in [7, 11) is 1.49. The monoisotopic (exact) mass is 499 g/mol. The zero-order valence-corrected chi connectivity index (χ0v) is 19.7. The second kappa shape index (κ2) is 8.48. The van der Waals surface area contributed by atoms with Crippen LogP contribution >= 0.6 is 0 Å². The fourth-order valence-corrected chi connectivity index (χ4v) is 5.84. The molecular weight excluding hydrogens is 473 g/mol. The van der Waals surface area contributed by atoms with Gasteiger partial charge in [0, 0.05) is 25.7 Å². The molecule has 1 amide bonds. The summed E-state index contributed by atoms with van der Waals surface area (Å²) in [6, 6.07) is 4.85. The van der Waals surface area contributed by atoms with Gasteiger partial charge in [0.25, 0.3) is 5.91 Å². The molecule has 3 aliphatic carbocycles. The first-order valence-corrected chi connectivity index (χ1v) is 12.0. The van der Waals surface area contributed by atoms with Gasteiger partial charge in [0.2, 0.25) is 0 Å². The predicted molar refractivity (Wildman–Crippen MR) is 116 cm³/mol. The number of anilines is 1. The van der Waals surface area contributed by atoms with Gasteiger partial charge in [-0.05, 0) is 63.6 Å². The SMILES string of the molecule is COC1(C)CN(N(c2ccc(C(F)(F)F)cc2C(=O)NC23CCC(C#N)(CC2)CC3)S(=O)[O-])C1. The van der Waals surface area contributed by atoms with Crippen molar-refractivity contribution in [3.05, 3.63) is 29.3 Å². The summed E-state index contributed by atoms with van der Waals surface area (Å²) in [5, 5.41) is 13.8. The lowest BCUT2D eigenvalue weighted by Crippen LogP contribution is -2.67. The van der Waals surface area contributed by atoms with E-state index >= 15 is 0 Å². The van der Waals surface area contributed by atoms with E-state index in [-0.39, 0.29) is 24.3 Å². The van der Waals surface area contributed by atoms with Crippen LogP contribution in [0.15, 0.2) is 18.2 Å². The van der Waals surface area contributed by atoms with E-state index in [0.29, 0.717) is 44.6 Å². The van der Waals surface area contributed by atoms with Gasteiger partial charge in [0.05, 0.1) is 45.2 Å². The molecule has 4 aliphatic rings. The van der Waals surface area contributed by atoms with Crippen LogP contribution in [0.3, 0.4) is 0 Å². The average molecular weight is 500 g/mol. The highest BCUT2D eigenvalue weighted by molar-refractivity contribution is 7.80. The zero-order valence-electron chi connectivity index (χ0n) is 18.9. The van der Waals surface area contributed by atoms with Gasteiger partial charge in [-0.2, -0.15) is 18.4 Å². The lowest BCUT2D eigenvalue weighted by Gasteiger charge is -2.52. The molecule has 2 bridgehead atoms. The van der Waals surface area contributed by atoms with Crippen LogP contribution in [0.1, 0.15) is 61.4 Å². The topological polar surface area (TPSA) is 109 Å². The molecule has 34 heavy (non-hydrogen) atoms. The Labute approximate surface area is 198 Å². The molecule has 1 unspecified atom stereocenters. The second-order valence-electron chi connectivity index (χ2n) is 9.82. The number of hydrazine groups is 1. The number of carbonyl (C=O) groups is 1. The summed E-state index contributed by atoms with van der Waals surface area (Å²) in [6.07, 6.45) is -1.22. The lowest BCUT2D eigenvalue weighted by atomic mass is 9.58. The Kier molecular flexibility index (Phi) is 6.21. The summed E-state index contributed by atoms with van der Waals surface area (Å²) >= 11 is -2.88. The molecule has 3 saturated carbocycles. The number of carbonyl (C=O) groups excluding carboxylic acids is 1. The Bertz CT molecular complexity index is 1030. The van der Waals surface area contributed by atoms with Gasteiger partial charge in [0.15, 0.2) is 0 Å². The van der Waals surface area contributed by atoms with Crippen LogP contribution in [-0.2, 0) is 22.2 Å². The van der Waals surface area contributed by atoms with Crippen molar-refractivity contribution in [1.29, 1.82) is 5.26 Å². The Hall–Kier alpha value is -2.20. The van der Waals surface area contributed by atoms with E-state index in [2.05, 4.69) is 11.4 Å². The number of nitrogens with zero attached hydrogens (tertiary/aromatic N) is 3. The molecule has 12 heteroatoms. The fourth-order valence-electron chi connectivity index (χ4n) is 5.22. The summed E-state index contributed by atoms with van der Waals surface area (Å²) in [5.41, 5.74) is -3.20. The van der Waals surface area contributed by atoms with E-state index in [0.717, 1.165) is 16.5 Å². The van der Waals surface area contributed by atoms with Crippen molar-refractivity contribution in [2.75, 3.05) is 24.6 Å². The third-order valence-corrected chi connectivity index (χ3v) is 8.27. The first kappa shape index (κ1) is 24.9. The molecule has 4 fully saturated rings. The average Bonchev–Trinajstić information content (AvgIpc) is 2.78. The molecule has 1 atom stereocenters. The van der Waals surface area contributed by atoms with Crippen LogP contribution in [0.25, 0.3) is 0 Å². The zero-order chi connectivity index (χ0) is 24.9. The molecule has 1 aliphatic heterocycles. The Morgan fingerprint density at radius 3 is 2.29 bits per heavy atom. The quantitative estimate of drug-likeness (QED) is 0.602. The van der Waals surface area contributed by atoms with E-state index in [1.807, 2.05) is 0 Å². The van der Waals surface area contributed by atoms with E-state index in [1.54, 1.807) is 6.92 Å². The number of hydrogen-bond acceptors (Lipinski definition) is 6. The van der Waals surface area contributed by atoms with E-state index in [4.69, 9.17) is 4.74 Å². The maximum atomic E-state index is 13.5. The van der Waals surface area contributed by atoms with Gasteiger partial charge in [-0.3, -0.25) is 9.00 Å². The van der Waals surface area contributed by atoms with Crippen molar-refractivity contribution in [3.8, 4) is 6.07 Å². The molecule has 1 heterocycles. The van der Waals surface area contributed by atoms with Crippen LogP contribution in [0.4, 0.5) is 18.9 Å². The third-order valence-electron chi connectivity index (χ3n) is 7.56. The Morgan fingerprint density at radius 2 is 1.82 bits per heavy atom. The second-order valence-corrected chi connectivity index (χ2v) is 10.6. The van der Waals surface area contributed by atoms with E-state index in [1.165, 1.54) is 12.1 Å². The number of hydrogen-bond donors (Lipinski definition) is 1. The minimum atomic E-state index is -4.71. The number of benzene rings is 1. The van der Waals surface area contributed by atoms with Gasteiger partial charge in [0.1, 0.15) is 0 Å². The number of methoxy groups -OCH3 is 1. The van der Waals surface area contributed by atoms with Crippen LogP contribution in [-0.4, -0.2) is 51.0 Å². The number of alkyl halides is 3. The summed E-state index contributed by atoms with van der Waals surface area (Å²) < 4.78 is 70.8. The van der Waals surface area contributed by atoms with Crippen LogP contribution in [0, 0.1) is 16.7 Å². The largest absolute Gasteiger partial charge is 0.754 e. The molecular formula is C22H26F3N4O4S-. The highest BCUT2D eigenvalue weighted by Gasteiger charge is 2.50. The van der Waals surface area contributed by atoms with Crippen molar-refractivity contribution in [2.45, 2.75) is 62.8 Å². The first-order valence-electron chi connectivity index (χ1n) is 11.0. The van der Waals surface area contributed by atoms with Crippen LogP contribution in [0.2, 0.25) is 0 Å². The predicted octanol–water partition coefficient (Wildman–Crippen LogP) is 3.29. The number of halogens is 3. The number of ether oxygens (including phenoxy) is 1. The van der Waals surface area contributed by atoms with Crippen molar-refractivity contribution < 1.29 is 31.5 Å². The number of nitrogens with one attached hydrogen (secondary N) is 1. The standard InChI is InChI=1S/C22H27F3N4O4S/c1-19(33-2)13-28(14-19)29(34(31)32)17-4-3-15(22(23,24)25)11-16(17)18(30)27-21-8-5-20(12-26,6-9-21)7-10-21/h3-4,11H,5-10,13-14H2,1-2H3,(H,27,30)(H,31,32)/p-1. The highest BCUT2D eigenvalue weighted by atomic mass is 32.2. The molecule has 0 radical (unpaired) electrons. The normalized spacial score (nSPS) is 29.1. The maximum absolute atomic E-state index is 13.5. The van der Waals surface area contributed by atoms with Gasteiger partial charge in [-0.1, -0.05) is 0 Å². The third kappa shape index (κ3) is 4.42. The first-order chi connectivity index (χ1) is 15.8. The fraction of sp³-hybridized carbons (Fsp3) is 0.636. The van der Waals surface area contributed by atoms with Crippen LogP contribution in [0.5, 0.6) is 0 Å². The van der Waals surface area contributed by atoms with E-state index < -0.39 is 45.5 Å². The minimum absolute atomic E-state index is 0.161. The number of rotatable bonds is 6. The molecule has 1 aromatic carbocycles. The summed E-state index contributed by atoms with van der Waals surface area (Å²) in [6.45, 7) is 2.14. The van der Waals surface area contributed by atoms with Crippen LogP contribution < -0.4 is 9.73 Å². The number of amides is 1. The molecule has 1 saturated heterocycles. The number of fused-ring (bicyclic) bond motifs is 3. The van der Waals surface area contributed by atoms with Gasteiger partial charge >= 0.3 is 6.18 Å². The van der Waals surface area contributed by atoms with Gasteiger partial charge in [-0.15, -0.1) is 0 Å². The van der Waals surface area contributed by atoms with Crippen molar-refractivity contribution in [1.82, 2.24) is 10.3 Å². The Balaban J connectivity index is 1.67. The van der Waals surface area contributed by atoms with Gasteiger partial charge < -0.3 is 14.6 Å². The smallest absolute Gasteiger partial charge is 0.416 e. The van der Waals surface area contributed by atoms with E-state index in [9.17, 15) is 32.0 Å². The maximum Gasteiger partial charge on any atom is 0.416 e. The lowest BCUT2D eigenvalue weighted by molar-refractivity contribution is -0.137. The minimum Gasteiger partial charge on any atom is -0.754 e. The molecule has 8 nitrogen and oxygen atoms in total. The van der Waals surface area contributed by atoms with Crippen molar-refractivity contribution >= 4 is 22.9 Å². The summed E-state index contributed by atoms with van der Waals surface area (Å²) in [4.78, 5) is 13.4. The highest BCUT2D eigenvalue weighted by Crippen LogP contribution is 2.52. The summed E-state index contributed by atoms with van der Waals surface area (Å²) in [5.74, 6) is -0.766. The molecule has 5 rings (SSSR count). The van der Waals surface area contributed by atoms with Crippen molar-refractivity contribution in [3.63, 3.8) is 0 Å². The molecule has 186 valence electrons. The Morgan fingerprint density at radius 1 is 1.24 bits per heavy atom. The molecule has 0 aromatic heterocycles.